The summed E-state index contributed by atoms with van der Waals surface area (Å²) in [6, 6.07) is 15.2. The molecule has 132 valence electrons. The van der Waals surface area contributed by atoms with Gasteiger partial charge in [-0.15, -0.1) is 11.8 Å². The highest BCUT2D eigenvalue weighted by Gasteiger charge is 2.06. The zero-order chi connectivity index (χ0) is 18.1. The van der Waals surface area contributed by atoms with Gasteiger partial charge in [0.2, 0.25) is 11.8 Å². The van der Waals surface area contributed by atoms with Crippen LogP contribution >= 0.6 is 23.4 Å². The molecule has 0 aromatic heterocycles. The van der Waals surface area contributed by atoms with E-state index in [4.69, 9.17) is 11.6 Å². The van der Waals surface area contributed by atoms with E-state index in [1.165, 1.54) is 11.8 Å². The summed E-state index contributed by atoms with van der Waals surface area (Å²) in [6.45, 7) is 2.56. The topological polar surface area (TPSA) is 58.2 Å². The molecule has 4 nitrogen and oxygen atoms in total. The van der Waals surface area contributed by atoms with Crippen molar-refractivity contribution in [3.05, 3.63) is 64.7 Å². The number of carbonyl (C=O) groups excluding carboxylic acids is 2. The second kappa shape index (κ2) is 10.1. The van der Waals surface area contributed by atoms with Crippen molar-refractivity contribution in [1.82, 2.24) is 5.32 Å². The molecule has 25 heavy (non-hydrogen) atoms. The Bertz CT molecular complexity index is 702. The van der Waals surface area contributed by atoms with Gasteiger partial charge in [-0.05, 0) is 43.2 Å². The van der Waals surface area contributed by atoms with Crippen molar-refractivity contribution in [3.8, 4) is 0 Å². The molecular weight excluding hydrogens is 356 g/mol. The highest BCUT2D eigenvalue weighted by molar-refractivity contribution is 8.00. The average Bonchev–Trinajstić information content (AvgIpc) is 2.59. The molecule has 6 heteroatoms. The minimum absolute atomic E-state index is 0.0675. The molecule has 2 aromatic rings. The Morgan fingerprint density at radius 1 is 0.960 bits per heavy atom. The number of carbonyl (C=O) groups is 2. The first-order valence-electron chi connectivity index (χ1n) is 7.98. The zero-order valence-corrected chi connectivity index (χ0v) is 15.6. The highest BCUT2D eigenvalue weighted by Crippen LogP contribution is 2.10. The van der Waals surface area contributed by atoms with E-state index in [2.05, 4.69) is 10.6 Å². The highest BCUT2D eigenvalue weighted by atomic mass is 35.5. The van der Waals surface area contributed by atoms with Gasteiger partial charge in [0.25, 0.3) is 0 Å². The van der Waals surface area contributed by atoms with E-state index in [-0.39, 0.29) is 23.3 Å². The van der Waals surface area contributed by atoms with Crippen molar-refractivity contribution >= 4 is 40.9 Å². The van der Waals surface area contributed by atoms with Gasteiger partial charge in [0.05, 0.1) is 11.5 Å². The van der Waals surface area contributed by atoms with Gasteiger partial charge in [-0.25, -0.2) is 0 Å². The third-order valence-corrected chi connectivity index (χ3v) is 4.64. The van der Waals surface area contributed by atoms with Gasteiger partial charge in [-0.1, -0.05) is 41.4 Å². The molecule has 0 heterocycles. The SMILES string of the molecule is Cc1ccc(NC(=O)CSCC(=O)NCCc2ccc(Cl)cc2)cc1. The monoisotopic (exact) mass is 376 g/mol. The van der Waals surface area contributed by atoms with Crippen molar-refractivity contribution in [2.45, 2.75) is 13.3 Å². The van der Waals surface area contributed by atoms with Crippen molar-refractivity contribution < 1.29 is 9.59 Å². The lowest BCUT2D eigenvalue weighted by atomic mass is 10.1. The molecule has 2 rings (SSSR count). The van der Waals surface area contributed by atoms with Crippen molar-refractivity contribution in [2.75, 3.05) is 23.4 Å². The van der Waals surface area contributed by atoms with E-state index in [0.717, 1.165) is 23.2 Å². The molecule has 2 amide bonds. The van der Waals surface area contributed by atoms with Crippen molar-refractivity contribution in [1.29, 1.82) is 0 Å². The van der Waals surface area contributed by atoms with E-state index >= 15 is 0 Å². The predicted octanol–water partition coefficient (Wildman–Crippen LogP) is 3.68. The Morgan fingerprint density at radius 2 is 1.60 bits per heavy atom. The van der Waals surface area contributed by atoms with Gasteiger partial charge in [-0.2, -0.15) is 0 Å². The van der Waals surface area contributed by atoms with E-state index in [9.17, 15) is 9.59 Å². The van der Waals surface area contributed by atoms with Crippen molar-refractivity contribution in [3.63, 3.8) is 0 Å². The number of nitrogens with one attached hydrogen (secondary N) is 2. The molecule has 0 aliphatic carbocycles. The maximum absolute atomic E-state index is 11.8. The molecule has 0 fully saturated rings. The average molecular weight is 377 g/mol. The number of hydrogen-bond donors (Lipinski definition) is 2. The zero-order valence-electron chi connectivity index (χ0n) is 14.0. The molecule has 0 spiro atoms. The smallest absolute Gasteiger partial charge is 0.234 e. The van der Waals surface area contributed by atoms with Crippen LogP contribution in [0.5, 0.6) is 0 Å². The maximum Gasteiger partial charge on any atom is 0.234 e. The fraction of sp³-hybridized carbons (Fsp3) is 0.263. The minimum Gasteiger partial charge on any atom is -0.355 e. The second-order valence-corrected chi connectivity index (χ2v) is 7.06. The Hall–Kier alpha value is -1.98. The molecule has 0 saturated heterocycles. The summed E-state index contributed by atoms with van der Waals surface area (Å²) >= 11 is 7.13. The van der Waals surface area contributed by atoms with Gasteiger partial charge in [-0.3, -0.25) is 9.59 Å². The Labute approximate surface area is 157 Å². The third-order valence-electron chi connectivity index (χ3n) is 3.45. The van der Waals surface area contributed by atoms with Gasteiger partial charge < -0.3 is 10.6 Å². The van der Waals surface area contributed by atoms with E-state index in [1.54, 1.807) is 0 Å². The largest absolute Gasteiger partial charge is 0.355 e. The Morgan fingerprint density at radius 3 is 2.28 bits per heavy atom. The third kappa shape index (κ3) is 7.63. The number of thioether (sulfide) groups is 1. The lowest BCUT2D eigenvalue weighted by Gasteiger charge is -2.07. The summed E-state index contributed by atoms with van der Waals surface area (Å²) in [7, 11) is 0. The van der Waals surface area contributed by atoms with Crippen LogP contribution in [0.15, 0.2) is 48.5 Å². The van der Waals surface area contributed by atoms with E-state index in [0.29, 0.717) is 11.6 Å². The fourth-order valence-electron chi connectivity index (χ4n) is 2.12. The summed E-state index contributed by atoms with van der Waals surface area (Å²) in [5, 5.41) is 6.36. The quantitative estimate of drug-likeness (QED) is 0.738. The summed E-state index contributed by atoms with van der Waals surface area (Å²) in [4.78, 5) is 23.6. The first-order chi connectivity index (χ1) is 12.0. The van der Waals surface area contributed by atoms with Crippen LogP contribution in [0, 0.1) is 6.92 Å². The molecule has 0 bridgehead atoms. The van der Waals surface area contributed by atoms with Crippen molar-refractivity contribution in [2.24, 2.45) is 0 Å². The molecule has 0 atom stereocenters. The molecule has 2 N–H and O–H groups in total. The molecule has 0 radical (unpaired) electrons. The van der Waals surface area contributed by atoms with Gasteiger partial charge in [0.1, 0.15) is 0 Å². The van der Waals surface area contributed by atoms with E-state index in [1.807, 2.05) is 55.5 Å². The number of rotatable bonds is 8. The number of amides is 2. The Kier molecular flexibility index (Phi) is 7.82. The first-order valence-corrected chi connectivity index (χ1v) is 9.51. The van der Waals surface area contributed by atoms with Crippen LogP contribution in [-0.4, -0.2) is 29.9 Å². The number of anilines is 1. The second-order valence-electron chi connectivity index (χ2n) is 5.63. The fourth-order valence-corrected chi connectivity index (χ4v) is 2.89. The number of hydrogen-bond acceptors (Lipinski definition) is 3. The maximum atomic E-state index is 11.8. The number of aryl methyl sites for hydroxylation is 1. The van der Waals surface area contributed by atoms with Crippen LogP contribution in [0.25, 0.3) is 0 Å². The van der Waals surface area contributed by atoms with Crippen LogP contribution in [0.2, 0.25) is 5.02 Å². The molecule has 0 saturated carbocycles. The standard InChI is InChI=1S/C19H21ClN2O2S/c1-14-2-8-17(9-3-14)22-19(24)13-25-12-18(23)21-11-10-15-4-6-16(20)7-5-15/h2-9H,10-13H2,1H3,(H,21,23)(H,22,24). The summed E-state index contributed by atoms with van der Waals surface area (Å²) < 4.78 is 0. The Balaban J connectivity index is 1.59. The molecule has 0 aliphatic heterocycles. The van der Waals surface area contributed by atoms with Gasteiger partial charge in [0.15, 0.2) is 0 Å². The van der Waals surface area contributed by atoms with Crippen LogP contribution in [0.1, 0.15) is 11.1 Å². The number of benzene rings is 2. The summed E-state index contributed by atoms with van der Waals surface area (Å²) in [5.41, 5.74) is 3.03. The summed E-state index contributed by atoms with van der Waals surface area (Å²) in [5.74, 6) is 0.338. The lowest BCUT2D eigenvalue weighted by Crippen LogP contribution is -2.28. The molecule has 0 unspecified atom stereocenters. The predicted molar refractivity (Wildman–Crippen MR) is 105 cm³/mol. The normalized spacial score (nSPS) is 10.3. The lowest BCUT2D eigenvalue weighted by molar-refractivity contribution is -0.118. The molecule has 0 aliphatic rings. The van der Waals surface area contributed by atoms with E-state index < -0.39 is 0 Å². The van der Waals surface area contributed by atoms with Crippen LogP contribution in [0.3, 0.4) is 0 Å². The van der Waals surface area contributed by atoms with Crippen LogP contribution < -0.4 is 10.6 Å². The first kappa shape index (κ1) is 19.3. The molecule has 2 aromatic carbocycles. The summed E-state index contributed by atoms with van der Waals surface area (Å²) in [6.07, 6.45) is 0.751. The van der Waals surface area contributed by atoms with Gasteiger partial charge >= 0.3 is 0 Å². The minimum atomic E-state index is -0.109. The van der Waals surface area contributed by atoms with Gasteiger partial charge in [0, 0.05) is 17.3 Å². The van der Waals surface area contributed by atoms with Crippen LogP contribution in [0.4, 0.5) is 5.69 Å². The van der Waals surface area contributed by atoms with Crippen LogP contribution in [-0.2, 0) is 16.0 Å². The molecular formula is C19H21ClN2O2S. The number of halogens is 1.